The van der Waals surface area contributed by atoms with Crippen molar-refractivity contribution in [3.63, 3.8) is 0 Å². The number of carbonyl (C=O) groups is 1. The fraction of sp³-hybridized carbons (Fsp3) is 0.500. The molecule has 0 bridgehead atoms. The average Bonchev–Trinajstić information content (AvgIpc) is 3.29. The van der Waals surface area contributed by atoms with Gasteiger partial charge in [-0.15, -0.1) is 0 Å². The first-order valence-electron chi connectivity index (χ1n) is 9.89. The highest BCUT2D eigenvalue weighted by Gasteiger charge is 2.45. The van der Waals surface area contributed by atoms with Crippen LogP contribution in [0.5, 0.6) is 0 Å². The third-order valence-electron chi connectivity index (χ3n) is 6.48. The normalized spacial score (nSPS) is 23.0. The molecule has 5 nitrogen and oxygen atoms in total. The van der Waals surface area contributed by atoms with E-state index >= 15 is 0 Å². The molecule has 27 heavy (non-hydrogen) atoms. The van der Waals surface area contributed by atoms with Gasteiger partial charge in [-0.2, -0.15) is 0 Å². The SMILES string of the molecule is CNC(=O)c1ccc(CN2CCC3(CC2)CC(c2ccccc2)CN3C)o1. The predicted molar refractivity (Wildman–Crippen MR) is 106 cm³/mol. The zero-order chi connectivity index (χ0) is 18.9. The zero-order valence-corrected chi connectivity index (χ0v) is 16.3. The summed E-state index contributed by atoms with van der Waals surface area (Å²) in [6, 6.07) is 14.6. The summed E-state index contributed by atoms with van der Waals surface area (Å²) >= 11 is 0. The smallest absolute Gasteiger partial charge is 0.286 e. The Labute approximate surface area is 161 Å². The van der Waals surface area contributed by atoms with Crippen LogP contribution in [0.2, 0.25) is 0 Å². The van der Waals surface area contributed by atoms with Gasteiger partial charge in [0, 0.05) is 32.2 Å². The van der Waals surface area contributed by atoms with E-state index < -0.39 is 0 Å². The largest absolute Gasteiger partial charge is 0.455 e. The number of carbonyl (C=O) groups excluding carboxylic acids is 1. The van der Waals surface area contributed by atoms with Crippen LogP contribution in [0.4, 0.5) is 0 Å². The van der Waals surface area contributed by atoms with Crippen molar-refractivity contribution in [3.8, 4) is 0 Å². The standard InChI is InChI=1S/C22H29N3O2/c1-23-21(26)20-9-8-19(27-20)16-25-12-10-22(11-13-25)14-18(15-24(22)2)17-6-4-3-5-7-17/h3-9,18H,10-16H2,1-2H3,(H,23,26). The van der Waals surface area contributed by atoms with Crippen LogP contribution in [0.1, 0.15) is 47.1 Å². The van der Waals surface area contributed by atoms with E-state index in [9.17, 15) is 4.79 Å². The van der Waals surface area contributed by atoms with Crippen LogP contribution in [-0.2, 0) is 6.54 Å². The molecular formula is C22H29N3O2. The lowest BCUT2D eigenvalue weighted by atomic mass is 9.81. The van der Waals surface area contributed by atoms with Gasteiger partial charge in [0.25, 0.3) is 5.91 Å². The van der Waals surface area contributed by atoms with Crippen molar-refractivity contribution < 1.29 is 9.21 Å². The number of nitrogens with one attached hydrogen (secondary N) is 1. The number of piperidine rings is 1. The Morgan fingerprint density at radius 2 is 1.93 bits per heavy atom. The number of likely N-dealkylation sites (tertiary alicyclic amines) is 2. The van der Waals surface area contributed by atoms with E-state index in [2.05, 4.69) is 52.5 Å². The molecule has 1 atom stereocenters. The molecule has 1 N–H and O–H groups in total. The van der Waals surface area contributed by atoms with Gasteiger partial charge in [0.05, 0.1) is 6.54 Å². The lowest BCUT2D eigenvalue weighted by molar-refractivity contribution is 0.0638. The molecule has 1 unspecified atom stereocenters. The number of furan rings is 1. The van der Waals surface area contributed by atoms with E-state index in [0.717, 1.165) is 31.9 Å². The topological polar surface area (TPSA) is 48.7 Å². The fourth-order valence-electron chi connectivity index (χ4n) is 4.79. The molecule has 5 heteroatoms. The number of hydrogen-bond donors (Lipinski definition) is 1. The summed E-state index contributed by atoms with van der Waals surface area (Å²) < 4.78 is 5.69. The maximum Gasteiger partial charge on any atom is 0.286 e. The number of hydrogen-bond acceptors (Lipinski definition) is 4. The van der Waals surface area contributed by atoms with Gasteiger partial charge in [-0.1, -0.05) is 30.3 Å². The Morgan fingerprint density at radius 1 is 1.19 bits per heavy atom. The van der Waals surface area contributed by atoms with Crippen molar-refractivity contribution in [2.24, 2.45) is 0 Å². The lowest BCUT2D eigenvalue weighted by Gasteiger charge is -2.43. The Kier molecular flexibility index (Phi) is 5.06. The summed E-state index contributed by atoms with van der Waals surface area (Å²) in [6.45, 7) is 4.07. The van der Waals surface area contributed by atoms with Gasteiger partial charge in [-0.3, -0.25) is 14.6 Å². The van der Waals surface area contributed by atoms with Crippen molar-refractivity contribution in [2.45, 2.75) is 37.3 Å². The zero-order valence-electron chi connectivity index (χ0n) is 16.3. The number of rotatable bonds is 4. The van der Waals surface area contributed by atoms with Gasteiger partial charge in [0.1, 0.15) is 5.76 Å². The highest BCUT2D eigenvalue weighted by atomic mass is 16.4. The van der Waals surface area contributed by atoms with Crippen LogP contribution in [0.3, 0.4) is 0 Å². The minimum atomic E-state index is -0.168. The first-order valence-corrected chi connectivity index (χ1v) is 9.89. The Bertz CT molecular complexity index is 778. The molecule has 144 valence electrons. The van der Waals surface area contributed by atoms with Gasteiger partial charge in [0.2, 0.25) is 0 Å². The second-order valence-electron chi connectivity index (χ2n) is 8.04. The van der Waals surface area contributed by atoms with Gasteiger partial charge in [0.15, 0.2) is 5.76 Å². The quantitative estimate of drug-likeness (QED) is 0.902. The first-order chi connectivity index (χ1) is 13.1. The predicted octanol–water partition coefficient (Wildman–Crippen LogP) is 3.09. The molecule has 2 fully saturated rings. The summed E-state index contributed by atoms with van der Waals surface area (Å²) in [5.41, 5.74) is 1.80. The summed E-state index contributed by atoms with van der Waals surface area (Å²) in [4.78, 5) is 16.7. The number of nitrogens with zero attached hydrogens (tertiary/aromatic N) is 2. The maximum atomic E-state index is 11.6. The fourth-order valence-corrected chi connectivity index (χ4v) is 4.79. The molecule has 2 saturated heterocycles. The molecule has 2 aliphatic rings. The second kappa shape index (κ2) is 7.49. The molecule has 0 saturated carbocycles. The van der Waals surface area contributed by atoms with Gasteiger partial charge in [-0.25, -0.2) is 0 Å². The van der Waals surface area contributed by atoms with Crippen LogP contribution in [0.15, 0.2) is 46.9 Å². The lowest BCUT2D eigenvalue weighted by Crippen LogP contribution is -2.50. The molecule has 3 heterocycles. The van der Waals surface area contributed by atoms with E-state index in [1.807, 2.05) is 6.07 Å². The Morgan fingerprint density at radius 3 is 2.63 bits per heavy atom. The molecule has 0 radical (unpaired) electrons. The summed E-state index contributed by atoms with van der Waals surface area (Å²) in [5.74, 6) is 1.73. The molecule has 2 aliphatic heterocycles. The molecular weight excluding hydrogens is 338 g/mol. The van der Waals surface area contributed by atoms with Crippen LogP contribution < -0.4 is 5.32 Å². The highest BCUT2D eigenvalue weighted by molar-refractivity contribution is 5.91. The third kappa shape index (κ3) is 3.66. The average molecular weight is 367 g/mol. The molecule has 4 rings (SSSR count). The number of likely N-dealkylation sites (N-methyl/N-ethyl adjacent to an activating group) is 1. The summed E-state index contributed by atoms with van der Waals surface area (Å²) in [5, 5.41) is 2.60. The van der Waals surface area contributed by atoms with E-state index in [1.54, 1.807) is 13.1 Å². The van der Waals surface area contributed by atoms with Gasteiger partial charge < -0.3 is 9.73 Å². The summed E-state index contributed by atoms with van der Waals surface area (Å²) in [6.07, 6.45) is 3.63. The monoisotopic (exact) mass is 367 g/mol. The van der Waals surface area contributed by atoms with Crippen molar-refractivity contribution in [1.29, 1.82) is 0 Å². The van der Waals surface area contributed by atoms with Crippen molar-refractivity contribution >= 4 is 5.91 Å². The molecule has 1 aromatic carbocycles. The van der Waals surface area contributed by atoms with Crippen LogP contribution in [0, 0.1) is 0 Å². The Balaban J connectivity index is 1.36. The third-order valence-corrected chi connectivity index (χ3v) is 6.48. The molecule has 1 aromatic heterocycles. The molecule has 1 amide bonds. The highest BCUT2D eigenvalue weighted by Crippen LogP contribution is 2.44. The second-order valence-corrected chi connectivity index (χ2v) is 8.04. The van der Waals surface area contributed by atoms with E-state index in [4.69, 9.17) is 4.42 Å². The first kappa shape index (κ1) is 18.3. The van der Waals surface area contributed by atoms with Crippen LogP contribution in [0.25, 0.3) is 0 Å². The molecule has 1 spiro atoms. The van der Waals surface area contributed by atoms with Gasteiger partial charge in [-0.05, 0) is 49.9 Å². The van der Waals surface area contributed by atoms with Crippen LogP contribution >= 0.6 is 0 Å². The summed E-state index contributed by atoms with van der Waals surface area (Å²) in [7, 11) is 3.91. The van der Waals surface area contributed by atoms with Crippen molar-refractivity contribution in [1.82, 2.24) is 15.1 Å². The minimum Gasteiger partial charge on any atom is -0.455 e. The van der Waals surface area contributed by atoms with E-state index in [-0.39, 0.29) is 5.91 Å². The molecule has 2 aromatic rings. The van der Waals surface area contributed by atoms with Crippen LogP contribution in [-0.4, -0.2) is 55.0 Å². The Hall–Kier alpha value is -2.11. The van der Waals surface area contributed by atoms with Crippen molar-refractivity contribution in [2.75, 3.05) is 33.7 Å². The number of benzene rings is 1. The maximum absolute atomic E-state index is 11.6. The van der Waals surface area contributed by atoms with Crippen molar-refractivity contribution in [3.05, 3.63) is 59.5 Å². The number of amides is 1. The van der Waals surface area contributed by atoms with E-state index in [0.29, 0.717) is 17.2 Å². The van der Waals surface area contributed by atoms with Gasteiger partial charge >= 0.3 is 0 Å². The molecule has 0 aliphatic carbocycles. The minimum absolute atomic E-state index is 0.168. The van der Waals surface area contributed by atoms with E-state index in [1.165, 1.54) is 24.8 Å².